The average Bonchev–Trinajstić information content (AvgIpc) is 2.86. The highest BCUT2D eigenvalue weighted by Gasteiger charge is 2.22. The van der Waals surface area contributed by atoms with Crippen molar-refractivity contribution < 1.29 is 14.7 Å². The summed E-state index contributed by atoms with van der Waals surface area (Å²) < 4.78 is 1.79. The molecule has 1 heterocycles. The largest absolute Gasteiger partial charge is 0.480 e. The second-order valence-corrected chi connectivity index (χ2v) is 6.07. The monoisotopic (exact) mass is 329 g/mol. The summed E-state index contributed by atoms with van der Waals surface area (Å²) in [5, 5.41) is 16.3. The highest BCUT2D eigenvalue weighted by molar-refractivity contribution is 5.83. The first-order valence-corrected chi connectivity index (χ1v) is 7.95. The molecule has 2 atom stereocenters. The van der Waals surface area contributed by atoms with Crippen LogP contribution in [0.4, 0.5) is 0 Å². The zero-order valence-corrected chi connectivity index (χ0v) is 14.2. The van der Waals surface area contributed by atoms with Crippen molar-refractivity contribution in [1.82, 2.24) is 15.1 Å². The van der Waals surface area contributed by atoms with E-state index in [9.17, 15) is 14.7 Å². The molecule has 6 heteroatoms. The van der Waals surface area contributed by atoms with Gasteiger partial charge in [-0.05, 0) is 32.4 Å². The molecule has 1 aromatic heterocycles. The third kappa shape index (κ3) is 4.68. The number of aliphatic carboxylic acids is 1. The number of rotatable bonds is 7. The molecule has 2 rings (SSSR count). The summed E-state index contributed by atoms with van der Waals surface area (Å²) in [6, 6.07) is 10.1. The molecular formula is C18H23N3O3. The van der Waals surface area contributed by atoms with E-state index in [1.165, 1.54) is 0 Å². The minimum absolute atomic E-state index is 0.134. The Hall–Kier alpha value is -2.63. The molecule has 0 bridgehead atoms. The number of carboxylic acid groups (broad SMARTS) is 1. The highest BCUT2D eigenvalue weighted by Crippen LogP contribution is 2.14. The first kappa shape index (κ1) is 17.7. The first-order valence-electron chi connectivity index (χ1n) is 7.95. The van der Waals surface area contributed by atoms with Gasteiger partial charge in [-0.15, -0.1) is 0 Å². The number of hydrogen-bond donors (Lipinski definition) is 2. The molecule has 0 saturated carbocycles. The van der Waals surface area contributed by atoms with Gasteiger partial charge < -0.3 is 10.4 Å². The van der Waals surface area contributed by atoms with Gasteiger partial charge in [-0.3, -0.25) is 9.48 Å². The van der Waals surface area contributed by atoms with Crippen LogP contribution in [-0.2, 0) is 16.0 Å². The van der Waals surface area contributed by atoms with E-state index >= 15 is 0 Å². The number of nitrogens with zero attached hydrogens (tertiary/aromatic N) is 2. The van der Waals surface area contributed by atoms with E-state index in [4.69, 9.17) is 0 Å². The number of nitrogens with one attached hydrogen (secondary N) is 1. The molecule has 6 nitrogen and oxygen atoms in total. The van der Waals surface area contributed by atoms with E-state index in [1.807, 2.05) is 57.2 Å². The SMILES string of the molecule is Cc1cc(C)n(C(C)CC(=O)N[C@@H](Cc2ccccc2)C(=O)O)n1. The van der Waals surface area contributed by atoms with Crippen LogP contribution >= 0.6 is 0 Å². The van der Waals surface area contributed by atoms with E-state index in [1.54, 1.807) is 4.68 Å². The van der Waals surface area contributed by atoms with Crippen molar-refractivity contribution in [2.45, 2.75) is 45.7 Å². The van der Waals surface area contributed by atoms with Crippen LogP contribution in [0.2, 0.25) is 0 Å². The fourth-order valence-electron chi connectivity index (χ4n) is 2.75. The molecule has 0 spiro atoms. The number of aromatic nitrogens is 2. The molecule has 0 fully saturated rings. The molecule has 2 aromatic rings. The van der Waals surface area contributed by atoms with Gasteiger partial charge in [0.25, 0.3) is 0 Å². The summed E-state index contributed by atoms with van der Waals surface area (Å²) in [4.78, 5) is 23.7. The summed E-state index contributed by atoms with van der Waals surface area (Å²) in [7, 11) is 0. The van der Waals surface area contributed by atoms with Gasteiger partial charge in [0.2, 0.25) is 5.91 Å². The Morgan fingerprint density at radius 1 is 1.25 bits per heavy atom. The van der Waals surface area contributed by atoms with Crippen LogP contribution in [0, 0.1) is 13.8 Å². The van der Waals surface area contributed by atoms with Crippen LogP contribution in [0.3, 0.4) is 0 Å². The topological polar surface area (TPSA) is 84.2 Å². The summed E-state index contributed by atoms with van der Waals surface area (Å²) in [6.45, 7) is 5.73. The summed E-state index contributed by atoms with van der Waals surface area (Å²) >= 11 is 0. The van der Waals surface area contributed by atoms with Crippen molar-refractivity contribution in [2.24, 2.45) is 0 Å². The van der Waals surface area contributed by atoms with Gasteiger partial charge >= 0.3 is 5.97 Å². The van der Waals surface area contributed by atoms with Crippen molar-refractivity contribution >= 4 is 11.9 Å². The van der Waals surface area contributed by atoms with Crippen LogP contribution in [0.25, 0.3) is 0 Å². The molecule has 1 aromatic carbocycles. The van der Waals surface area contributed by atoms with Crippen LogP contribution < -0.4 is 5.32 Å². The summed E-state index contributed by atoms with van der Waals surface area (Å²) in [6.07, 6.45) is 0.441. The Morgan fingerprint density at radius 3 is 2.46 bits per heavy atom. The lowest BCUT2D eigenvalue weighted by molar-refractivity contribution is -0.141. The molecule has 0 aliphatic heterocycles. The summed E-state index contributed by atoms with van der Waals surface area (Å²) in [5.74, 6) is -1.33. The smallest absolute Gasteiger partial charge is 0.326 e. The van der Waals surface area contributed by atoms with Gasteiger partial charge in [-0.1, -0.05) is 30.3 Å². The zero-order valence-electron chi connectivity index (χ0n) is 14.2. The molecule has 0 radical (unpaired) electrons. The van der Waals surface area contributed by atoms with Crippen LogP contribution in [0.15, 0.2) is 36.4 Å². The van der Waals surface area contributed by atoms with Crippen molar-refractivity contribution in [2.75, 3.05) is 0 Å². The Bertz CT molecular complexity index is 710. The fourth-order valence-corrected chi connectivity index (χ4v) is 2.75. The normalized spacial score (nSPS) is 13.3. The van der Waals surface area contributed by atoms with Crippen molar-refractivity contribution in [3.63, 3.8) is 0 Å². The Morgan fingerprint density at radius 2 is 1.92 bits per heavy atom. The van der Waals surface area contributed by atoms with E-state index in [0.29, 0.717) is 0 Å². The number of carbonyl (C=O) groups excluding carboxylic acids is 1. The summed E-state index contributed by atoms with van der Waals surface area (Å²) in [5.41, 5.74) is 2.75. The Balaban J connectivity index is 1.98. The molecule has 0 aliphatic rings. The lowest BCUT2D eigenvalue weighted by Gasteiger charge is -2.18. The number of carboxylic acids is 1. The van der Waals surface area contributed by atoms with E-state index in [-0.39, 0.29) is 24.8 Å². The molecule has 1 unspecified atom stereocenters. The maximum Gasteiger partial charge on any atom is 0.326 e. The van der Waals surface area contributed by atoms with Crippen LogP contribution in [-0.4, -0.2) is 32.8 Å². The standard InChI is InChI=1S/C18H23N3O3/c1-12-9-13(2)21(20-12)14(3)10-17(22)19-16(18(23)24)11-15-7-5-4-6-8-15/h4-9,14,16H,10-11H2,1-3H3,(H,19,22)(H,23,24)/t14?,16-/m0/s1. The number of benzene rings is 1. The van der Waals surface area contributed by atoms with Gasteiger partial charge in [-0.25, -0.2) is 4.79 Å². The molecule has 24 heavy (non-hydrogen) atoms. The third-order valence-corrected chi connectivity index (χ3v) is 3.86. The maximum atomic E-state index is 12.2. The van der Waals surface area contributed by atoms with Crippen LogP contribution in [0.1, 0.15) is 36.3 Å². The van der Waals surface area contributed by atoms with Crippen molar-refractivity contribution in [3.8, 4) is 0 Å². The highest BCUT2D eigenvalue weighted by atomic mass is 16.4. The molecule has 1 amide bonds. The van der Waals surface area contributed by atoms with Gasteiger partial charge in [0.15, 0.2) is 0 Å². The zero-order chi connectivity index (χ0) is 17.7. The van der Waals surface area contributed by atoms with Crippen molar-refractivity contribution in [1.29, 1.82) is 0 Å². The fraction of sp³-hybridized carbons (Fsp3) is 0.389. The lowest BCUT2D eigenvalue weighted by atomic mass is 10.1. The average molecular weight is 329 g/mol. The van der Waals surface area contributed by atoms with Crippen LogP contribution in [0.5, 0.6) is 0 Å². The molecular weight excluding hydrogens is 306 g/mol. The van der Waals surface area contributed by atoms with Gasteiger partial charge in [0, 0.05) is 18.5 Å². The molecule has 0 aliphatic carbocycles. The minimum Gasteiger partial charge on any atom is -0.480 e. The predicted molar refractivity (Wildman–Crippen MR) is 90.7 cm³/mol. The van der Waals surface area contributed by atoms with E-state index in [2.05, 4.69) is 10.4 Å². The quantitative estimate of drug-likeness (QED) is 0.816. The molecule has 0 saturated heterocycles. The van der Waals surface area contributed by atoms with Gasteiger partial charge in [0.05, 0.1) is 11.7 Å². The molecule has 2 N–H and O–H groups in total. The predicted octanol–water partition coefficient (Wildman–Crippen LogP) is 2.26. The van der Waals surface area contributed by atoms with Gasteiger partial charge in [0.1, 0.15) is 6.04 Å². The van der Waals surface area contributed by atoms with E-state index < -0.39 is 12.0 Å². The Kier molecular flexibility index (Phi) is 5.73. The molecule has 128 valence electrons. The van der Waals surface area contributed by atoms with Gasteiger partial charge in [-0.2, -0.15) is 5.10 Å². The first-order chi connectivity index (χ1) is 11.4. The second kappa shape index (κ2) is 7.77. The number of aryl methyl sites for hydroxylation is 2. The minimum atomic E-state index is -1.04. The number of amides is 1. The second-order valence-electron chi connectivity index (χ2n) is 6.07. The van der Waals surface area contributed by atoms with E-state index in [0.717, 1.165) is 17.0 Å². The number of carbonyl (C=O) groups is 2. The third-order valence-electron chi connectivity index (χ3n) is 3.86. The van der Waals surface area contributed by atoms with Crippen molar-refractivity contribution in [3.05, 3.63) is 53.3 Å². The Labute approximate surface area is 141 Å². The number of hydrogen-bond acceptors (Lipinski definition) is 3. The lowest BCUT2D eigenvalue weighted by Crippen LogP contribution is -2.42. The maximum absolute atomic E-state index is 12.2.